The van der Waals surface area contributed by atoms with Gasteiger partial charge in [-0.2, -0.15) is 0 Å². The number of amides is 1. The highest BCUT2D eigenvalue weighted by atomic mass is 16.5. The quantitative estimate of drug-likeness (QED) is 0.661. The van der Waals surface area contributed by atoms with Crippen molar-refractivity contribution in [2.75, 3.05) is 13.7 Å². The summed E-state index contributed by atoms with van der Waals surface area (Å²) in [5, 5.41) is 11.4. The van der Waals surface area contributed by atoms with Crippen LogP contribution in [0.5, 0.6) is 0 Å². The number of aromatic carboxylic acids is 1. The lowest BCUT2D eigenvalue weighted by Crippen LogP contribution is -2.40. The van der Waals surface area contributed by atoms with Crippen LogP contribution in [0, 0.1) is 0 Å². The minimum atomic E-state index is -0.975. The number of nitrogens with two attached hydrogens (primary N) is 1. The summed E-state index contributed by atoms with van der Waals surface area (Å²) >= 11 is 0. The summed E-state index contributed by atoms with van der Waals surface area (Å²) in [4.78, 5) is 22.3. The molecular formula is C13H18N2O4. The Balaban J connectivity index is 2.43. The van der Waals surface area contributed by atoms with Gasteiger partial charge in [0.1, 0.15) is 0 Å². The van der Waals surface area contributed by atoms with Gasteiger partial charge in [0.05, 0.1) is 11.6 Å². The minimum Gasteiger partial charge on any atom is -0.478 e. The van der Waals surface area contributed by atoms with Crippen LogP contribution in [0.3, 0.4) is 0 Å². The van der Waals surface area contributed by atoms with Gasteiger partial charge in [0.2, 0.25) is 5.91 Å². The fraction of sp³-hybridized carbons (Fsp3) is 0.385. The molecule has 0 fully saturated rings. The lowest BCUT2D eigenvalue weighted by molar-refractivity contribution is -0.122. The Morgan fingerprint density at radius 1 is 1.37 bits per heavy atom. The number of carboxylic acid groups (broad SMARTS) is 1. The van der Waals surface area contributed by atoms with Crippen molar-refractivity contribution < 1.29 is 19.4 Å². The first-order valence-corrected chi connectivity index (χ1v) is 5.89. The predicted octanol–water partition coefficient (Wildman–Crippen LogP) is 0.365. The van der Waals surface area contributed by atoms with Crippen LogP contribution < -0.4 is 11.1 Å². The van der Waals surface area contributed by atoms with E-state index in [-0.39, 0.29) is 11.5 Å². The minimum absolute atomic E-state index is 0.215. The molecule has 19 heavy (non-hydrogen) atoms. The van der Waals surface area contributed by atoms with Crippen molar-refractivity contribution in [3.05, 3.63) is 35.4 Å². The highest BCUT2D eigenvalue weighted by Gasteiger charge is 2.12. The van der Waals surface area contributed by atoms with E-state index in [1.807, 2.05) is 0 Å². The first-order valence-electron chi connectivity index (χ1n) is 5.89. The molecule has 0 aliphatic rings. The molecule has 0 saturated heterocycles. The maximum absolute atomic E-state index is 11.6. The number of hydrogen-bond acceptors (Lipinski definition) is 4. The maximum atomic E-state index is 11.6. The Kier molecular flexibility index (Phi) is 5.98. The van der Waals surface area contributed by atoms with Gasteiger partial charge in [0.15, 0.2) is 0 Å². The second-order valence-corrected chi connectivity index (χ2v) is 4.11. The summed E-state index contributed by atoms with van der Waals surface area (Å²) in [6.07, 6.45) is 0.459. The Morgan fingerprint density at radius 2 is 2.00 bits per heavy atom. The first-order chi connectivity index (χ1) is 9.04. The normalized spacial score (nSPS) is 11.9. The average molecular weight is 266 g/mol. The summed E-state index contributed by atoms with van der Waals surface area (Å²) in [5.74, 6) is -1.23. The van der Waals surface area contributed by atoms with Crippen molar-refractivity contribution in [1.82, 2.24) is 5.32 Å². The molecule has 0 heterocycles. The van der Waals surface area contributed by atoms with E-state index < -0.39 is 12.0 Å². The van der Waals surface area contributed by atoms with Gasteiger partial charge in [0.25, 0.3) is 0 Å². The largest absolute Gasteiger partial charge is 0.478 e. The average Bonchev–Trinajstić information content (AvgIpc) is 2.42. The van der Waals surface area contributed by atoms with Crippen LogP contribution in [0.1, 0.15) is 22.3 Å². The van der Waals surface area contributed by atoms with E-state index in [1.165, 1.54) is 12.1 Å². The number of ether oxygens (including phenoxy) is 1. The van der Waals surface area contributed by atoms with Gasteiger partial charge in [-0.3, -0.25) is 4.79 Å². The van der Waals surface area contributed by atoms with Gasteiger partial charge in [-0.25, -0.2) is 4.79 Å². The van der Waals surface area contributed by atoms with Crippen LogP contribution in [0.25, 0.3) is 0 Å². The molecule has 104 valence electrons. The smallest absolute Gasteiger partial charge is 0.335 e. The van der Waals surface area contributed by atoms with Crippen LogP contribution in [-0.4, -0.2) is 36.7 Å². The standard InChI is InChI=1S/C13H18N2O4/c1-19-7-6-11(14)12(16)15-8-9-2-4-10(5-3-9)13(17)18/h2-5,11H,6-8,14H2,1H3,(H,15,16)(H,17,18). The lowest BCUT2D eigenvalue weighted by Gasteiger charge is -2.11. The number of rotatable bonds is 7. The van der Waals surface area contributed by atoms with E-state index in [9.17, 15) is 9.59 Å². The second kappa shape index (κ2) is 7.50. The van der Waals surface area contributed by atoms with Crippen molar-refractivity contribution in [2.45, 2.75) is 19.0 Å². The van der Waals surface area contributed by atoms with Gasteiger partial charge in [-0.1, -0.05) is 12.1 Å². The van der Waals surface area contributed by atoms with Crippen molar-refractivity contribution in [3.63, 3.8) is 0 Å². The van der Waals surface area contributed by atoms with Crippen molar-refractivity contribution in [3.8, 4) is 0 Å². The molecule has 0 aromatic heterocycles. The zero-order valence-electron chi connectivity index (χ0n) is 10.8. The third-order valence-corrected chi connectivity index (χ3v) is 2.64. The predicted molar refractivity (Wildman–Crippen MR) is 69.7 cm³/mol. The van der Waals surface area contributed by atoms with Crippen molar-refractivity contribution in [2.24, 2.45) is 5.73 Å². The number of carbonyl (C=O) groups is 2. The van der Waals surface area contributed by atoms with Crippen molar-refractivity contribution in [1.29, 1.82) is 0 Å². The Hall–Kier alpha value is -1.92. The fourth-order valence-corrected chi connectivity index (χ4v) is 1.46. The monoisotopic (exact) mass is 266 g/mol. The first kappa shape index (κ1) is 15.1. The second-order valence-electron chi connectivity index (χ2n) is 4.11. The fourth-order valence-electron chi connectivity index (χ4n) is 1.46. The summed E-state index contributed by atoms with van der Waals surface area (Å²) in [5.41, 5.74) is 6.69. The van der Waals surface area contributed by atoms with E-state index >= 15 is 0 Å². The lowest BCUT2D eigenvalue weighted by atomic mass is 10.1. The van der Waals surface area contributed by atoms with Gasteiger partial charge >= 0.3 is 5.97 Å². The number of carboxylic acids is 1. The van der Waals surface area contributed by atoms with Crippen LogP contribution >= 0.6 is 0 Å². The SMILES string of the molecule is COCCC(N)C(=O)NCc1ccc(C(=O)O)cc1. The Labute approximate surface area is 111 Å². The van der Waals surface area contributed by atoms with Gasteiger partial charge in [-0.15, -0.1) is 0 Å². The molecule has 0 saturated carbocycles. The topological polar surface area (TPSA) is 102 Å². The molecule has 1 amide bonds. The molecule has 1 unspecified atom stereocenters. The number of nitrogens with one attached hydrogen (secondary N) is 1. The Bertz CT molecular complexity index is 431. The molecule has 1 aromatic rings. The number of hydrogen-bond donors (Lipinski definition) is 3. The molecule has 1 aromatic carbocycles. The number of carbonyl (C=O) groups excluding carboxylic acids is 1. The summed E-state index contributed by atoms with van der Waals surface area (Å²) < 4.78 is 4.85. The zero-order valence-corrected chi connectivity index (χ0v) is 10.8. The molecular weight excluding hydrogens is 248 g/mol. The van der Waals surface area contributed by atoms with E-state index in [0.29, 0.717) is 19.6 Å². The van der Waals surface area contributed by atoms with Crippen LogP contribution in [-0.2, 0) is 16.1 Å². The number of methoxy groups -OCH3 is 1. The van der Waals surface area contributed by atoms with Crippen LogP contribution in [0.15, 0.2) is 24.3 Å². The summed E-state index contributed by atoms with van der Waals surface area (Å²) in [6, 6.07) is 5.70. The highest BCUT2D eigenvalue weighted by Crippen LogP contribution is 2.04. The molecule has 6 heteroatoms. The Morgan fingerprint density at radius 3 is 2.53 bits per heavy atom. The molecule has 0 spiro atoms. The number of benzene rings is 1. The molecule has 6 nitrogen and oxygen atoms in total. The molecule has 1 rings (SSSR count). The highest BCUT2D eigenvalue weighted by molar-refractivity contribution is 5.87. The summed E-state index contributed by atoms with van der Waals surface area (Å²) in [6.45, 7) is 0.751. The van der Waals surface area contributed by atoms with E-state index in [4.69, 9.17) is 15.6 Å². The van der Waals surface area contributed by atoms with Crippen LogP contribution in [0.2, 0.25) is 0 Å². The van der Waals surface area contributed by atoms with E-state index in [0.717, 1.165) is 5.56 Å². The van der Waals surface area contributed by atoms with Gasteiger partial charge in [-0.05, 0) is 24.1 Å². The molecule has 4 N–H and O–H groups in total. The zero-order chi connectivity index (χ0) is 14.3. The third kappa shape index (κ3) is 5.07. The molecule has 0 bridgehead atoms. The van der Waals surface area contributed by atoms with Gasteiger partial charge < -0.3 is 20.9 Å². The van der Waals surface area contributed by atoms with Crippen LogP contribution in [0.4, 0.5) is 0 Å². The maximum Gasteiger partial charge on any atom is 0.335 e. The van der Waals surface area contributed by atoms with Crippen molar-refractivity contribution >= 4 is 11.9 Å². The molecule has 0 aliphatic heterocycles. The summed E-state index contributed by atoms with van der Waals surface area (Å²) in [7, 11) is 1.55. The van der Waals surface area contributed by atoms with Gasteiger partial charge in [0, 0.05) is 20.3 Å². The third-order valence-electron chi connectivity index (χ3n) is 2.64. The molecule has 1 atom stereocenters. The van der Waals surface area contributed by atoms with E-state index in [1.54, 1.807) is 19.2 Å². The van der Waals surface area contributed by atoms with E-state index in [2.05, 4.69) is 5.32 Å². The molecule has 0 radical (unpaired) electrons. The molecule has 0 aliphatic carbocycles.